The molecule has 1 heterocycles. The number of nitro benzene ring substituents is 1. The maximum Gasteiger partial charge on any atom is 0.339 e. The molecule has 1 N–H and O–H groups in total. The summed E-state index contributed by atoms with van der Waals surface area (Å²) in [4.78, 5) is 20.7. The Kier molecular flexibility index (Phi) is 1.89. The molecule has 76 valence electrons. The largest absolute Gasteiger partial charge is 0.480 e. The zero-order valence-electron chi connectivity index (χ0n) is 7.34. The molecule has 0 bridgehead atoms. The van der Waals surface area contributed by atoms with Crippen LogP contribution < -0.4 is 5.63 Å². The third-order valence-corrected chi connectivity index (χ3v) is 1.95. The highest BCUT2D eigenvalue weighted by atomic mass is 16.6. The van der Waals surface area contributed by atoms with Crippen molar-refractivity contribution in [2.24, 2.45) is 0 Å². The topological polar surface area (TPSA) is 93.6 Å². The molecule has 0 atom stereocenters. The second-order valence-electron chi connectivity index (χ2n) is 2.90. The molecule has 15 heavy (non-hydrogen) atoms. The van der Waals surface area contributed by atoms with Crippen molar-refractivity contribution in [1.29, 1.82) is 0 Å². The number of nitrogens with zero attached hydrogens (tertiary/aromatic N) is 1. The molecule has 0 saturated carbocycles. The van der Waals surface area contributed by atoms with Gasteiger partial charge in [0, 0.05) is 18.2 Å². The van der Waals surface area contributed by atoms with Gasteiger partial charge >= 0.3 is 5.63 Å². The van der Waals surface area contributed by atoms with Crippen molar-refractivity contribution in [2.75, 3.05) is 0 Å². The first-order valence-electron chi connectivity index (χ1n) is 3.99. The van der Waals surface area contributed by atoms with Gasteiger partial charge in [0.2, 0.25) is 0 Å². The van der Waals surface area contributed by atoms with E-state index in [2.05, 4.69) is 4.42 Å². The first-order valence-corrected chi connectivity index (χ1v) is 3.99. The van der Waals surface area contributed by atoms with E-state index in [4.69, 9.17) is 0 Å². The van der Waals surface area contributed by atoms with E-state index in [9.17, 15) is 20.0 Å². The van der Waals surface area contributed by atoms with Gasteiger partial charge in [-0.25, -0.2) is 4.79 Å². The number of fused-ring (bicyclic) bond motifs is 1. The number of aromatic hydroxyl groups is 1. The molecule has 6 heteroatoms. The van der Waals surface area contributed by atoms with Crippen LogP contribution >= 0.6 is 0 Å². The van der Waals surface area contributed by atoms with Crippen molar-refractivity contribution < 1.29 is 14.4 Å². The SMILES string of the molecule is O=c1cc2ccc([N+](=O)[O-])cc2c(O)o1. The highest BCUT2D eigenvalue weighted by Gasteiger charge is 2.10. The van der Waals surface area contributed by atoms with Crippen molar-refractivity contribution >= 4 is 16.5 Å². The van der Waals surface area contributed by atoms with Crippen LogP contribution in [-0.4, -0.2) is 10.0 Å². The number of non-ortho nitro benzene ring substituents is 1. The van der Waals surface area contributed by atoms with Gasteiger partial charge in [-0.3, -0.25) is 10.1 Å². The lowest BCUT2D eigenvalue weighted by molar-refractivity contribution is -0.384. The minimum absolute atomic E-state index is 0.142. The van der Waals surface area contributed by atoms with E-state index >= 15 is 0 Å². The molecule has 1 aromatic heterocycles. The predicted molar refractivity (Wildman–Crippen MR) is 50.8 cm³/mol. The molecule has 0 fully saturated rings. The molecule has 0 spiro atoms. The summed E-state index contributed by atoms with van der Waals surface area (Å²) in [6.45, 7) is 0. The molecule has 0 aliphatic carbocycles. The molecular formula is C9H5NO5. The first kappa shape index (κ1) is 9.20. The van der Waals surface area contributed by atoms with E-state index in [-0.39, 0.29) is 11.1 Å². The quantitative estimate of drug-likeness (QED) is 0.563. The molecule has 0 radical (unpaired) electrons. The van der Waals surface area contributed by atoms with Crippen molar-refractivity contribution in [3.05, 3.63) is 44.8 Å². The second-order valence-corrected chi connectivity index (χ2v) is 2.90. The molecule has 0 unspecified atom stereocenters. The van der Waals surface area contributed by atoms with E-state index < -0.39 is 16.5 Å². The monoisotopic (exact) mass is 207 g/mol. The van der Waals surface area contributed by atoms with Crippen LogP contribution in [0.25, 0.3) is 10.8 Å². The van der Waals surface area contributed by atoms with Gasteiger partial charge in [-0.2, -0.15) is 0 Å². The highest BCUT2D eigenvalue weighted by molar-refractivity contribution is 5.87. The van der Waals surface area contributed by atoms with Crippen molar-refractivity contribution in [3.63, 3.8) is 0 Å². The number of hydrogen-bond acceptors (Lipinski definition) is 5. The van der Waals surface area contributed by atoms with Gasteiger partial charge in [-0.1, -0.05) is 0 Å². The molecular weight excluding hydrogens is 202 g/mol. The summed E-state index contributed by atoms with van der Waals surface area (Å²) in [5.74, 6) is -0.610. The van der Waals surface area contributed by atoms with Crippen LogP contribution in [0.3, 0.4) is 0 Å². The molecule has 0 saturated heterocycles. The standard InChI is InChI=1S/C9H5NO5/c11-8-3-5-1-2-6(10(13)14)4-7(5)9(12)15-8/h1-4,12H. The van der Waals surface area contributed by atoms with Gasteiger partial charge in [0.1, 0.15) is 0 Å². The Balaban J connectivity index is 2.82. The lowest BCUT2D eigenvalue weighted by Crippen LogP contribution is -1.96. The van der Waals surface area contributed by atoms with Gasteiger partial charge in [0.25, 0.3) is 11.6 Å². The van der Waals surface area contributed by atoms with Crippen LogP contribution in [0, 0.1) is 10.1 Å². The first-order chi connectivity index (χ1) is 7.08. The van der Waals surface area contributed by atoms with E-state index in [1.807, 2.05) is 0 Å². The average Bonchev–Trinajstić information content (AvgIpc) is 2.16. The summed E-state index contributed by atoms with van der Waals surface area (Å²) in [7, 11) is 0. The second kappa shape index (κ2) is 3.09. The highest BCUT2D eigenvalue weighted by Crippen LogP contribution is 2.26. The number of nitro groups is 1. The summed E-state index contributed by atoms with van der Waals surface area (Å²) in [5, 5.41) is 20.3. The lowest BCUT2D eigenvalue weighted by Gasteiger charge is -1.98. The third kappa shape index (κ3) is 1.52. The van der Waals surface area contributed by atoms with Crippen LogP contribution in [-0.2, 0) is 0 Å². The van der Waals surface area contributed by atoms with Gasteiger partial charge in [-0.15, -0.1) is 0 Å². The fourth-order valence-electron chi connectivity index (χ4n) is 1.28. The fraction of sp³-hybridized carbons (Fsp3) is 0. The fourth-order valence-corrected chi connectivity index (χ4v) is 1.28. The van der Waals surface area contributed by atoms with Gasteiger partial charge < -0.3 is 9.52 Å². The molecule has 6 nitrogen and oxygen atoms in total. The minimum Gasteiger partial charge on any atom is -0.480 e. The number of rotatable bonds is 1. The van der Waals surface area contributed by atoms with Crippen LogP contribution in [0.2, 0.25) is 0 Å². The van der Waals surface area contributed by atoms with Gasteiger partial charge in [0.15, 0.2) is 0 Å². The molecule has 1 aromatic carbocycles. The molecule has 2 aromatic rings. The predicted octanol–water partition coefficient (Wildman–Crippen LogP) is 1.41. The smallest absolute Gasteiger partial charge is 0.339 e. The Morgan fingerprint density at radius 2 is 2.07 bits per heavy atom. The molecule has 0 aliphatic rings. The molecule has 0 amide bonds. The van der Waals surface area contributed by atoms with Crippen molar-refractivity contribution in [1.82, 2.24) is 0 Å². The number of hydrogen-bond donors (Lipinski definition) is 1. The maximum atomic E-state index is 10.9. The zero-order valence-corrected chi connectivity index (χ0v) is 7.34. The van der Waals surface area contributed by atoms with E-state index in [0.29, 0.717) is 5.39 Å². The Morgan fingerprint density at radius 3 is 2.73 bits per heavy atom. The van der Waals surface area contributed by atoms with Crippen LogP contribution in [0.4, 0.5) is 5.69 Å². The summed E-state index contributed by atoms with van der Waals surface area (Å²) in [5.41, 5.74) is -0.875. The summed E-state index contributed by atoms with van der Waals surface area (Å²) in [6.07, 6.45) is 0. The maximum absolute atomic E-state index is 10.9. The molecule has 0 aliphatic heterocycles. The summed E-state index contributed by atoms with van der Waals surface area (Å²) >= 11 is 0. The minimum atomic E-state index is -0.700. The van der Waals surface area contributed by atoms with E-state index in [0.717, 1.165) is 12.1 Å². The summed E-state index contributed by atoms with van der Waals surface area (Å²) in [6, 6.07) is 4.93. The van der Waals surface area contributed by atoms with Crippen LogP contribution in [0.1, 0.15) is 0 Å². The Bertz CT molecular complexity index is 601. The number of benzene rings is 1. The van der Waals surface area contributed by atoms with E-state index in [1.165, 1.54) is 12.1 Å². The van der Waals surface area contributed by atoms with Crippen molar-refractivity contribution in [2.45, 2.75) is 0 Å². The van der Waals surface area contributed by atoms with E-state index in [1.54, 1.807) is 0 Å². The normalized spacial score (nSPS) is 10.4. The zero-order chi connectivity index (χ0) is 11.0. The summed E-state index contributed by atoms with van der Waals surface area (Å²) < 4.78 is 4.40. The average molecular weight is 207 g/mol. The lowest BCUT2D eigenvalue weighted by atomic mass is 10.1. The Morgan fingerprint density at radius 1 is 1.33 bits per heavy atom. The van der Waals surface area contributed by atoms with Gasteiger partial charge in [0.05, 0.1) is 10.3 Å². The Hall–Kier alpha value is -2.37. The van der Waals surface area contributed by atoms with Crippen LogP contribution in [0.5, 0.6) is 5.95 Å². The Labute approximate surface area is 82.5 Å². The third-order valence-electron chi connectivity index (χ3n) is 1.95. The van der Waals surface area contributed by atoms with Crippen molar-refractivity contribution in [3.8, 4) is 5.95 Å². The van der Waals surface area contributed by atoms with Crippen LogP contribution in [0.15, 0.2) is 33.5 Å². The molecule has 2 rings (SSSR count). The van der Waals surface area contributed by atoms with Gasteiger partial charge in [-0.05, 0) is 11.5 Å².